The van der Waals surface area contributed by atoms with Crippen molar-refractivity contribution in [3.8, 4) is 5.75 Å². The summed E-state index contributed by atoms with van der Waals surface area (Å²) in [4.78, 5) is 0. The first-order valence-electron chi connectivity index (χ1n) is 11.9. The van der Waals surface area contributed by atoms with E-state index in [0.717, 1.165) is 42.1 Å². The zero-order chi connectivity index (χ0) is 21.4. The molecule has 0 amide bonds. The van der Waals surface area contributed by atoms with Crippen molar-refractivity contribution >= 4 is 0 Å². The smallest absolute Gasteiger partial charge is 0.406 e. The molecule has 1 aromatic carbocycles. The average Bonchev–Trinajstić information content (AvgIpc) is 2.73. The highest BCUT2D eigenvalue weighted by molar-refractivity contribution is 5.28. The largest absolute Gasteiger partial charge is 0.573 e. The van der Waals surface area contributed by atoms with Crippen LogP contribution in [0.3, 0.4) is 0 Å². The number of halogens is 3. The summed E-state index contributed by atoms with van der Waals surface area (Å²) < 4.78 is 40.5. The van der Waals surface area contributed by atoms with Crippen LogP contribution < -0.4 is 4.74 Å². The summed E-state index contributed by atoms with van der Waals surface area (Å²) in [7, 11) is 0. The minimum Gasteiger partial charge on any atom is -0.406 e. The summed E-state index contributed by atoms with van der Waals surface area (Å²) >= 11 is 0. The van der Waals surface area contributed by atoms with Crippen molar-refractivity contribution in [2.75, 3.05) is 0 Å². The first kappa shape index (κ1) is 23.2. The second-order valence-corrected chi connectivity index (χ2v) is 9.45. The van der Waals surface area contributed by atoms with Crippen LogP contribution in [0.15, 0.2) is 36.4 Å². The molecule has 2 saturated carbocycles. The lowest BCUT2D eigenvalue weighted by molar-refractivity contribution is -0.274. The summed E-state index contributed by atoms with van der Waals surface area (Å²) in [5.41, 5.74) is 1.00. The maximum Gasteiger partial charge on any atom is 0.573 e. The quantitative estimate of drug-likeness (QED) is 0.382. The zero-order valence-electron chi connectivity index (χ0n) is 18.3. The van der Waals surface area contributed by atoms with Gasteiger partial charge in [-0.25, -0.2) is 0 Å². The van der Waals surface area contributed by atoms with Crippen molar-refractivity contribution in [1.82, 2.24) is 0 Å². The molecule has 0 aliphatic heterocycles. The molecular formula is C26H37F3O. The number of alkyl halides is 3. The van der Waals surface area contributed by atoms with Gasteiger partial charge in [-0.15, -0.1) is 13.2 Å². The maximum absolute atomic E-state index is 12.2. The topological polar surface area (TPSA) is 9.23 Å². The number of rotatable bonds is 8. The lowest BCUT2D eigenvalue weighted by Gasteiger charge is -2.37. The molecule has 30 heavy (non-hydrogen) atoms. The van der Waals surface area contributed by atoms with E-state index in [1.54, 1.807) is 12.1 Å². The predicted octanol–water partition coefficient (Wildman–Crippen LogP) is 8.49. The van der Waals surface area contributed by atoms with Gasteiger partial charge in [0.05, 0.1) is 0 Å². The van der Waals surface area contributed by atoms with Gasteiger partial charge in [0.25, 0.3) is 0 Å². The van der Waals surface area contributed by atoms with Gasteiger partial charge in [0, 0.05) is 0 Å². The van der Waals surface area contributed by atoms with Crippen LogP contribution in [0, 0.1) is 23.7 Å². The molecule has 3 rings (SSSR count). The molecule has 0 spiro atoms. The lowest BCUT2D eigenvalue weighted by Crippen LogP contribution is -2.25. The van der Waals surface area contributed by atoms with E-state index in [0.29, 0.717) is 0 Å². The normalized spacial score (nSPS) is 28.0. The molecular weight excluding hydrogens is 385 g/mol. The average molecular weight is 423 g/mol. The fourth-order valence-corrected chi connectivity index (χ4v) is 5.59. The molecule has 2 aliphatic carbocycles. The third kappa shape index (κ3) is 7.67. The molecule has 168 valence electrons. The summed E-state index contributed by atoms with van der Waals surface area (Å²) in [6.45, 7) is 2.31. The fraction of sp³-hybridized carbons (Fsp3) is 0.692. The molecule has 2 aliphatic rings. The predicted molar refractivity (Wildman–Crippen MR) is 116 cm³/mol. The second-order valence-electron chi connectivity index (χ2n) is 9.45. The second kappa shape index (κ2) is 11.2. The van der Waals surface area contributed by atoms with Crippen LogP contribution in [0.4, 0.5) is 13.2 Å². The first-order chi connectivity index (χ1) is 14.4. The van der Waals surface area contributed by atoms with Crippen molar-refractivity contribution in [2.24, 2.45) is 23.7 Å². The lowest BCUT2D eigenvalue weighted by atomic mass is 9.68. The Hall–Kier alpha value is -1.45. The molecule has 0 N–H and O–H groups in total. The Kier molecular flexibility index (Phi) is 8.71. The molecule has 1 nitrogen and oxygen atoms in total. The Balaban J connectivity index is 1.32. The van der Waals surface area contributed by atoms with Gasteiger partial charge in [-0.05, 0) is 92.7 Å². The van der Waals surface area contributed by atoms with Gasteiger partial charge >= 0.3 is 6.36 Å². The summed E-state index contributed by atoms with van der Waals surface area (Å²) in [6, 6.07) is 6.17. The number of allylic oxidation sites excluding steroid dienone is 2. The van der Waals surface area contributed by atoms with Crippen LogP contribution in [-0.4, -0.2) is 6.36 Å². The monoisotopic (exact) mass is 422 g/mol. The maximum atomic E-state index is 12.2. The van der Waals surface area contributed by atoms with Gasteiger partial charge in [-0.3, -0.25) is 0 Å². The van der Waals surface area contributed by atoms with Crippen LogP contribution in [0.25, 0.3) is 0 Å². The number of benzene rings is 1. The summed E-state index contributed by atoms with van der Waals surface area (Å²) in [6.07, 6.45) is 15.8. The Morgan fingerprint density at radius 2 is 1.40 bits per heavy atom. The van der Waals surface area contributed by atoms with E-state index in [1.807, 2.05) is 0 Å². The number of hydrogen-bond donors (Lipinski definition) is 0. The van der Waals surface area contributed by atoms with E-state index in [9.17, 15) is 13.2 Å². The molecule has 0 saturated heterocycles. The minimum atomic E-state index is -4.63. The van der Waals surface area contributed by atoms with E-state index in [-0.39, 0.29) is 5.75 Å². The van der Waals surface area contributed by atoms with Crippen LogP contribution in [0.5, 0.6) is 5.75 Å². The Morgan fingerprint density at radius 1 is 0.833 bits per heavy atom. The Labute approximate surface area is 180 Å². The highest BCUT2D eigenvalue weighted by atomic mass is 19.4. The van der Waals surface area contributed by atoms with Gasteiger partial charge in [0.15, 0.2) is 0 Å². The van der Waals surface area contributed by atoms with Crippen molar-refractivity contribution in [2.45, 2.75) is 90.3 Å². The SMILES string of the molecule is CCCC1CCC(C2CCC(CC=CCc3ccc(OC(F)(F)F)cc3)CC2)CC1. The van der Waals surface area contributed by atoms with Crippen molar-refractivity contribution < 1.29 is 17.9 Å². The van der Waals surface area contributed by atoms with Crippen LogP contribution >= 0.6 is 0 Å². The molecule has 0 bridgehead atoms. The van der Waals surface area contributed by atoms with E-state index >= 15 is 0 Å². The third-order valence-corrected chi connectivity index (χ3v) is 7.29. The van der Waals surface area contributed by atoms with Crippen LogP contribution in [0.1, 0.15) is 83.1 Å². The van der Waals surface area contributed by atoms with Gasteiger partial charge in [-0.2, -0.15) is 0 Å². The minimum absolute atomic E-state index is 0.161. The molecule has 0 heterocycles. The number of ether oxygens (including phenoxy) is 1. The Morgan fingerprint density at radius 3 is 1.93 bits per heavy atom. The van der Waals surface area contributed by atoms with Crippen molar-refractivity contribution in [1.29, 1.82) is 0 Å². The molecule has 0 unspecified atom stereocenters. The highest BCUT2D eigenvalue weighted by Crippen LogP contribution is 2.42. The standard InChI is InChI=1S/C26H37F3O/c1-2-5-20-8-14-23(15-9-20)24-16-10-21(11-17-24)6-3-4-7-22-12-18-25(19-13-22)30-26(27,28)29/h3-4,12-13,18-21,23-24H,2,5-11,14-17H2,1H3. The van der Waals surface area contributed by atoms with E-state index < -0.39 is 6.36 Å². The van der Waals surface area contributed by atoms with Crippen molar-refractivity contribution in [3.63, 3.8) is 0 Å². The van der Waals surface area contributed by atoms with Crippen LogP contribution in [-0.2, 0) is 6.42 Å². The van der Waals surface area contributed by atoms with E-state index in [4.69, 9.17) is 0 Å². The Bertz CT molecular complexity index is 633. The van der Waals surface area contributed by atoms with Gasteiger partial charge in [0.2, 0.25) is 0 Å². The van der Waals surface area contributed by atoms with E-state index in [2.05, 4.69) is 23.8 Å². The molecule has 1 aromatic rings. The van der Waals surface area contributed by atoms with E-state index in [1.165, 1.54) is 76.3 Å². The molecule has 0 aromatic heterocycles. The summed E-state index contributed by atoms with van der Waals surface area (Å²) in [5.74, 6) is 3.59. The summed E-state index contributed by atoms with van der Waals surface area (Å²) in [5, 5.41) is 0. The highest BCUT2D eigenvalue weighted by Gasteiger charge is 2.31. The first-order valence-corrected chi connectivity index (χ1v) is 11.9. The fourth-order valence-electron chi connectivity index (χ4n) is 5.59. The van der Waals surface area contributed by atoms with Gasteiger partial charge in [-0.1, -0.05) is 56.9 Å². The number of hydrogen-bond acceptors (Lipinski definition) is 1. The zero-order valence-corrected chi connectivity index (χ0v) is 18.3. The van der Waals surface area contributed by atoms with Gasteiger partial charge in [0.1, 0.15) is 5.75 Å². The molecule has 4 heteroatoms. The third-order valence-electron chi connectivity index (χ3n) is 7.29. The molecule has 0 atom stereocenters. The van der Waals surface area contributed by atoms with Crippen molar-refractivity contribution in [3.05, 3.63) is 42.0 Å². The van der Waals surface area contributed by atoms with Gasteiger partial charge < -0.3 is 4.74 Å². The molecule has 2 fully saturated rings. The van der Waals surface area contributed by atoms with Crippen LogP contribution in [0.2, 0.25) is 0 Å². The molecule has 0 radical (unpaired) electrons.